The van der Waals surface area contributed by atoms with Crippen LogP contribution in [0, 0.1) is 0 Å². The molecule has 0 N–H and O–H groups in total. The van der Waals surface area contributed by atoms with E-state index >= 15 is 0 Å². The van der Waals surface area contributed by atoms with Crippen LogP contribution in [0.4, 0.5) is 0 Å². The van der Waals surface area contributed by atoms with Gasteiger partial charge in [0.15, 0.2) is 0 Å². The Balaban J connectivity index is 0. The third-order valence-corrected chi connectivity index (χ3v) is 0. The predicted octanol–water partition coefficient (Wildman–Crippen LogP) is 1.15. The van der Waals surface area contributed by atoms with E-state index in [1.54, 1.807) is 0 Å². The van der Waals surface area contributed by atoms with Crippen molar-refractivity contribution >= 4 is 45.6 Å². The Bertz CT molecular complexity index is 6.85. The van der Waals surface area contributed by atoms with Crippen LogP contribution in [0.15, 0.2) is 0 Å². The van der Waals surface area contributed by atoms with E-state index in [-0.39, 0.29) is 0 Å². The monoisotopic (exact) mass is 197 g/mol. The van der Waals surface area contributed by atoms with Gasteiger partial charge in [0.05, 0.1) is 0 Å². The minimum atomic E-state index is 0.757. The Kier molecular flexibility index (Phi) is 33.7. The molecule has 0 spiro atoms. The molecule has 0 nitrogen and oxygen atoms in total. The molecule has 0 fully saturated rings. The van der Waals surface area contributed by atoms with Gasteiger partial charge in [0.25, 0.3) is 0 Å². The van der Waals surface area contributed by atoms with E-state index in [1.807, 2.05) is 0 Å². The van der Waals surface area contributed by atoms with E-state index in [1.165, 1.54) is 0 Å². The summed E-state index contributed by atoms with van der Waals surface area (Å²) in [6.45, 7) is 0. The number of hydrogen-bond donors (Lipinski definition) is 0. The van der Waals surface area contributed by atoms with Gasteiger partial charge >= 0.3 is 48.7 Å². The molecule has 0 aliphatic rings. The molecule has 0 aromatic carbocycles. The van der Waals surface area contributed by atoms with Crippen molar-refractivity contribution in [2.24, 2.45) is 0 Å². The minimum absolute atomic E-state index is 0.757. The molecule has 0 radical (unpaired) electrons. The molecular weight excluding hydrogens is 197 g/mol. The Labute approximate surface area is 58.4 Å². The first-order valence-electron chi connectivity index (χ1n) is 0.606. The standard InChI is InChI=1S/Al.3ClH.Cu.2H/h;3*1H;;;/q+1;;;;+2;;/p-3. The van der Waals surface area contributed by atoms with Crippen LogP contribution in [0.5, 0.6) is 0 Å². The normalized spacial score (nSPS) is 5.40. The molecule has 0 aromatic heterocycles. The molecule has 5 heteroatoms. The van der Waals surface area contributed by atoms with Crippen molar-refractivity contribution < 1.29 is 13.1 Å². The van der Waals surface area contributed by atoms with Gasteiger partial charge in [-0.25, -0.2) is 0 Å². The van der Waals surface area contributed by atoms with Crippen LogP contribution in [0.3, 0.4) is 0 Å². The Morgan fingerprint density at radius 1 is 1.20 bits per heavy atom. The van der Waals surface area contributed by atoms with E-state index < -0.39 is 0 Å². The summed E-state index contributed by atoms with van der Waals surface area (Å²) in [4.78, 5) is 0. The van der Waals surface area contributed by atoms with Crippen molar-refractivity contribution in [3.8, 4) is 0 Å². The van der Waals surface area contributed by atoms with Gasteiger partial charge in [-0.2, -0.15) is 0 Å². The van der Waals surface area contributed by atoms with Crippen molar-refractivity contribution in [2.75, 3.05) is 0 Å². The van der Waals surface area contributed by atoms with Gasteiger partial charge in [0.1, 0.15) is 0 Å². The summed E-state index contributed by atoms with van der Waals surface area (Å²) in [5.74, 6) is 0. The second-order valence-corrected chi connectivity index (χ2v) is 1.60. The van der Waals surface area contributed by atoms with Crippen LogP contribution in [0.25, 0.3) is 0 Å². The Hall–Kier alpha value is 1.92. The zero-order chi connectivity index (χ0) is 4.71. The van der Waals surface area contributed by atoms with Crippen LogP contribution >= 0.6 is 30.2 Å². The first kappa shape index (κ1) is 10.0. The first-order chi connectivity index (χ1) is 2.41. The summed E-state index contributed by atoms with van der Waals surface area (Å²) in [7, 11) is 14.1. The molecule has 0 aliphatic heterocycles. The fraction of sp³-hybridized carbons (Fsp3) is 0. The molecule has 5 heavy (non-hydrogen) atoms. The molecule has 0 saturated carbocycles. The second kappa shape index (κ2) is 16.8. The molecule has 0 rings (SSSR count). The van der Waals surface area contributed by atoms with Crippen molar-refractivity contribution in [1.82, 2.24) is 0 Å². The van der Waals surface area contributed by atoms with E-state index in [4.69, 9.17) is 10.0 Å². The summed E-state index contributed by atoms with van der Waals surface area (Å²) in [5, 5.41) is 0. The zero-order valence-electron chi connectivity index (χ0n) is 2.44. The van der Waals surface area contributed by atoms with Gasteiger partial charge in [-0.3, -0.25) is 10.0 Å². The Morgan fingerprint density at radius 3 is 1.20 bits per heavy atom. The second-order valence-electron chi connectivity index (χ2n) is 0.0431. The number of halogens is 3. The van der Waals surface area contributed by atoms with Gasteiger partial charge in [0, 0.05) is 0 Å². The van der Waals surface area contributed by atoms with E-state index in [0.717, 1.165) is 28.5 Å². The van der Waals surface area contributed by atoms with Crippen LogP contribution in [-0.2, 0) is 13.1 Å². The molecule has 37 valence electrons. The molecule has 0 saturated heterocycles. The summed E-state index contributed by atoms with van der Waals surface area (Å²) in [5.41, 5.74) is 0. The van der Waals surface area contributed by atoms with Crippen molar-refractivity contribution in [3.05, 3.63) is 0 Å². The summed E-state index contributed by atoms with van der Waals surface area (Å²) < 4.78 is 0. The van der Waals surface area contributed by atoms with Gasteiger partial charge in [-0.1, -0.05) is 0 Å². The topological polar surface area (TPSA) is 0 Å². The summed E-state index contributed by atoms with van der Waals surface area (Å²) in [6, 6.07) is 0. The number of rotatable bonds is 0. The van der Waals surface area contributed by atoms with Gasteiger partial charge in [-0.05, 0) is 0 Å². The van der Waals surface area contributed by atoms with Crippen molar-refractivity contribution in [2.45, 2.75) is 0 Å². The average Bonchev–Trinajstić information content (AvgIpc) is 1.46. The zero-order valence-corrected chi connectivity index (χ0v) is 7.64. The SMILES string of the molecule is [AlH2][Cl].[Cl][Cu][Cl]. The van der Waals surface area contributed by atoms with Crippen molar-refractivity contribution in [3.63, 3.8) is 0 Å². The molecule has 0 bridgehead atoms. The molecule has 0 atom stereocenters. The third-order valence-electron chi connectivity index (χ3n) is 0. The number of hydrogen-bond acceptors (Lipinski definition) is 0. The molecule has 0 aromatic rings. The quantitative estimate of drug-likeness (QED) is 0.513. The van der Waals surface area contributed by atoms with Gasteiger partial charge < -0.3 is 0 Å². The van der Waals surface area contributed by atoms with E-state index in [9.17, 15) is 0 Å². The van der Waals surface area contributed by atoms with Crippen LogP contribution in [0.2, 0.25) is 0 Å². The van der Waals surface area contributed by atoms with Crippen LogP contribution in [0.1, 0.15) is 0 Å². The van der Waals surface area contributed by atoms with Crippen LogP contribution < -0.4 is 0 Å². The van der Waals surface area contributed by atoms with Gasteiger partial charge in [-0.15, -0.1) is 0 Å². The molecule has 0 heterocycles. The maximum atomic E-state index is 4.78. The van der Waals surface area contributed by atoms with Crippen molar-refractivity contribution in [1.29, 1.82) is 0 Å². The molecule has 0 amide bonds. The summed E-state index contributed by atoms with van der Waals surface area (Å²) in [6.07, 6.45) is 0. The molecule has 0 aliphatic carbocycles. The van der Waals surface area contributed by atoms with Crippen LogP contribution in [-0.4, -0.2) is 15.4 Å². The fourth-order valence-electron chi connectivity index (χ4n) is 0. The molecule has 0 unspecified atom stereocenters. The predicted molar refractivity (Wildman–Crippen MR) is 26.1 cm³/mol. The Morgan fingerprint density at radius 2 is 1.20 bits per heavy atom. The fourth-order valence-corrected chi connectivity index (χ4v) is 0. The van der Waals surface area contributed by atoms with E-state index in [0.29, 0.717) is 0 Å². The maximum absolute atomic E-state index is 4.78. The van der Waals surface area contributed by atoms with E-state index in [2.05, 4.69) is 20.2 Å². The average molecular weight is 199 g/mol. The first-order valence-corrected chi connectivity index (χ1v) is 6.22. The molecular formula is H2AlCl3Cu. The summed E-state index contributed by atoms with van der Waals surface area (Å²) >= 11 is 1.53. The third kappa shape index (κ3) is 24.7. The van der Waals surface area contributed by atoms with Gasteiger partial charge in [0.2, 0.25) is 0 Å².